The minimum Gasteiger partial charge on any atom is -0.455 e. The van der Waals surface area contributed by atoms with Gasteiger partial charge in [0, 0.05) is 54.7 Å². The minimum atomic E-state index is 0.892. The fourth-order valence-corrected chi connectivity index (χ4v) is 7.89. The lowest BCUT2D eigenvalue weighted by atomic mass is 9.99. The second kappa shape index (κ2) is 11.2. The van der Waals surface area contributed by atoms with Crippen LogP contribution in [0.1, 0.15) is 0 Å². The predicted octanol–water partition coefficient (Wildman–Crippen LogP) is 12.8. The molecule has 0 aliphatic carbocycles. The van der Waals surface area contributed by atoms with Gasteiger partial charge in [0.15, 0.2) is 0 Å². The van der Waals surface area contributed by atoms with Crippen molar-refractivity contribution in [3.63, 3.8) is 0 Å². The van der Waals surface area contributed by atoms with Gasteiger partial charge in [-0.3, -0.25) is 0 Å². The molecule has 52 heavy (non-hydrogen) atoms. The average Bonchev–Trinajstić information content (AvgIpc) is 3.77. The highest BCUT2D eigenvalue weighted by Gasteiger charge is 2.15. The molecular weight excluding hydrogens is 635 g/mol. The third kappa shape index (κ3) is 4.41. The molecule has 0 saturated carbocycles. The molecule has 0 amide bonds. The van der Waals surface area contributed by atoms with Crippen molar-refractivity contribution in [2.24, 2.45) is 0 Å². The molecule has 0 atom stereocenters. The van der Waals surface area contributed by atoms with Gasteiger partial charge >= 0.3 is 0 Å². The second-order valence-corrected chi connectivity index (χ2v) is 13.4. The van der Waals surface area contributed by atoms with Crippen molar-refractivity contribution in [3.8, 4) is 39.3 Å². The van der Waals surface area contributed by atoms with Crippen LogP contribution in [0.5, 0.6) is 0 Å². The fourth-order valence-electron chi connectivity index (χ4n) is 7.89. The molecule has 0 bridgehead atoms. The molecule has 4 aromatic heterocycles. The largest absolute Gasteiger partial charge is 0.455 e. The first kappa shape index (κ1) is 28.8. The van der Waals surface area contributed by atoms with Crippen LogP contribution >= 0.6 is 0 Å². The molecule has 242 valence electrons. The van der Waals surface area contributed by atoms with Crippen LogP contribution in [0.15, 0.2) is 180 Å². The van der Waals surface area contributed by atoms with Crippen LogP contribution < -0.4 is 0 Å². The Hall–Kier alpha value is -7.04. The topological polar surface area (TPSA) is 43.9 Å². The quantitative estimate of drug-likeness (QED) is 0.176. The number of furan rings is 1. The van der Waals surface area contributed by atoms with Gasteiger partial charge in [0.2, 0.25) is 0 Å². The van der Waals surface area contributed by atoms with E-state index in [0.717, 1.165) is 83.1 Å². The Bertz CT molecular complexity index is 3130. The van der Waals surface area contributed by atoms with Crippen LogP contribution in [0.2, 0.25) is 0 Å². The number of fused-ring (bicyclic) bond motifs is 9. The molecule has 11 rings (SSSR count). The normalized spacial score (nSPS) is 11.8. The molecule has 0 radical (unpaired) electrons. The van der Waals surface area contributed by atoms with E-state index in [1.165, 1.54) is 21.8 Å². The Balaban J connectivity index is 0.990. The zero-order valence-corrected chi connectivity index (χ0v) is 28.0. The molecule has 0 N–H and O–H groups in total. The van der Waals surface area contributed by atoms with Gasteiger partial charge in [-0.05, 0) is 54.1 Å². The molecule has 7 aromatic carbocycles. The van der Waals surface area contributed by atoms with Gasteiger partial charge in [0.1, 0.15) is 11.2 Å². The summed E-state index contributed by atoms with van der Waals surface area (Å²) in [7, 11) is 0. The summed E-state index contributed by atoms with van der Waals surface area (Å²) in [6, 6.07) is 61.9. The van der Waals surface area contributed by atoms with Crippen LogP contribution in [-0.4, -0.2) is 14.5 Å². The number of pyridine rings is 2. The summed E-state index contributed by atoms with van der Waals surface area (Å²) >= 11 is 0. The molecule has 0 spiro atoms. The average molecular weight is 664 g/mol. The minimum absolute atomic E-state index is 0.892. The Labute approximate surface area is 298 Å². The second-order valence-electron chi connectivity index (χ2n) is 13.4. The van der Waals surface area contributed by atoms with Crippen molar-refractivity contribution in [3.05, 3.63) is 176 Å². The van der Waals surface area contributed by atoms with E-state index in [9.17, 15) is 0 Å². The van der Waals surface area contributed by atoms with Crippen molar-refractivity contribution in [1.29, 1.82) is 0 Å². The molecule has 0 fully saturated rings. The lowest BCUT2D eigenvalue weighted by molar-refractivity contribution is 0.670. The van der Waals surface area contributed by atoms with Crippen molar-refractivity contribution < 1.29 is 4.42 Å². The number of para-hydroxylation sites is 4. The third-order valence-corrected chi connectivity index (χ3v) is 10.4. The van der Waals surface area contributed by atoms with Crippen LogP contribution in [0, 0.1) is 0 Å². The van der Waals surface area contributed by atoms with Gasteiger partial charge in [0.25, 0.3) is 0 Å². The van der Waals surface area contributed by atoms with Crippen LogP contribution in [0.4, 0.5) is 0 Å². The zero-order valence-electron chi connectivity index (χ0n) is 28.0. The van der Waals surface area contributed by atoms with E-state index in [2.05, 4.69) is 168 Å². The zero-order chi connectivity index (χ0) is 34.2. The van der Waals surface area contributed by atoms with Gasteiger partial charge in [-0.15, -0.1) is 0 Å². The molecule has 4 heterocycles. The third-order valence-electron chi connectivity index (χ3n) is 10.4. The Kier molecular flexibility index (Phi) is 6.22. The number of hydrogen-bond donors (Lipinski definition) is 0. The predicted molar refractivity (Wildman–Crippen MR) is 215 cm³/mol. The van der Waals surface area contributed by atoms with E-state index in [1.807, 2.05) is 12.1 Å². The van der Waals surface area contributed by atoms with E-state index in [1.54, 1.807) is 0 Å². The molecule has 4 heteroatoms. The first-order chi connectivity index (χ1) is 25.8. The lowest BCUT2D eigenvalue weighted by Gasteiger charge is -2.11. The standard InChI is InChI=1S/C48H29N3O/c1-4-16-43-37(11-1)38-12-2-5-17-44(38)51(43)35-25-21-30(22-26-35)41-27-23-31-19-20-32-24-28-42(50-47(32)46(31)49-41)34-10-7-9-33(29-34)36-14-8-15-40-39-13-3-6-18-45(39)52-48(36)40/h1-29H. The van der Waals surface area contributed by atoms with Crippen LogP contribution in [0.3, 0.4) is 0 Å². The fraction of sp³-hybridized carbons (Fsp3) is 0. The molecule has 11 aromatic rings. The van der Waals surface area contributed by atoms with Crippen molar-refractivity contribution in [1.82, 2.24) is 14.5 Å². The van der Waals surface area contributed by atoms with E-state index in [0.29, 0.717) is 0 Å². The highest BCUT2D eigenvalue weighted by atomic mass is 16.3. The summed E-state index contributed by atoms with van der Waals surface area (Å²) in [5.74, 6) is 0. The molecular formula is C48H29N3O. The summed E-state index contributed by atoms with van der Waals surface area (Å²) < 4.78 is 8.71. The monoisotopic (exact) mass is 663 g/mol. The van der Waals surface area contributed by atoms with Crippen molar-refractivity contribution in [2.45, 2.75) is 0 Å². The van der Waals surface area contributed by atoms with Gasteiger partial charge in [-0.1, -0.05) is 127 Å². The number of benzene rings is 7. The number of hydrogen-bond acceptors (Lipinski definition) is 3. The van der Waals surface area contributed by atoms with Gasteiger partial charge < -0.3 is 8.98 Å². The smallest absolute Gasteiger partial charge is 0.143 e. The Morgan fingerprint density at radius 3 is 1.67 bits per heavy atom. The maximum Gasteiger partial charge on any atom is 0.143 e. The molecule has 4 nitrogen and oxygen atoms in total. The van der Waals surface area contributed by atoms with E-state index >= 15 is 0 Å². The molecule has 0 unspecified atom stereocenters. The SMILES string of the molecule is c1cc(-c2ccc3ccc4ccc(-c5ccc(-n6c7ccccc7c7ccccc76)cc5)nc4c3n2)cc(-c2cccc3c2oc2ccccc23)c1. The maximum absolute atomic E-state index is 6.37. The first-order valence-corrected chi connectivity index (χ1v) is 17.6. The Morgan fingerprint density at radius 1 is 0.404 bits per heavy atom. The maximum atomic E-state index is 6.37. The number of aromatic nitrogens is 3. The first-order valence-electron chi connectivity index (χ1n) is 17.6. The Morgan fingerprint density at radius 2 is 0.962 bits per heavy atom. The number of rotatable bonds is 4. The highest BCUT2D eigenvalue weighted by molar-refractivity contribution is 6.10. The van der Waals surface area contributed by atoms with E-state index in [4.69, 9.17) is 14.4 Å². The summed E-state index contributed by atoms with van der Waals surface area (Å²) in [6.45, 7) is 0. The summed E-state index contributed by atoms with van der Waals surface area (Å²) in [4.78, 5) is 10.5. The number of nitrogens with zero attached hydrogens (tertiary/aromatic N) is 3. The molecule has 0 aliphatic rings. The lowest BCUT2D eigenvalue weighted by Crippen LogP contribution is -1.94. The summed E-state index contributed by atoms with van der Waals surface area (Å²) in [5.41, 5.74) is 13.2. The van der Waals surface area contributed by atoms with Crippen LogP contribution in [0.25, 0.3) is 105 Å². The molecule has 0 aliphatic heterocycles. The van der Waals surface area contributed by atoms with Gasteiger partial charge in [-0.25, -0.2) is 9.97 Å². The van der Waals surface area contributed by atoms with Gasteiger partial charge in [0.05, 0.1) is 33.5 Å². The van der Waals surface area contributed by atoms with Crippen molar-refractivity contribution in [2.75, 3.05) is 0 Å². The summed E-state index contributed by atoms with van der Waals surface area (Å²) in [6.07, 6.45) is 0. The van der Waals surface area contributed by atoms with Gasteiger partial charge in [-0.2, -0.15) is 0 Å². The molecule has 0 saturated heterocycles. The van der Waals surface area contributed by atoms with E-state index in [-0.39, 0.29) is 0 Å². The highest BCUT2D eigenvalue weighted by Crippen LogP contribution is 2.38. The van der Waals surface area contributed by atoms with E-state index < -0.39 is 0 Å². The summed E-state index contributed by atoms with van der Waals surface area (Å²) in [5, 5.41) is 6.89. The van der Waals surface area contributed by atoms with Crippen molar-refractivity contribution >= 4 is 65.6 Å². The van der Waals surface area contributed by atoms with Crippen LogP contribution in [-0.2, 0) is 0 Å².